The van der Waals surface area contributed by atoms with Gasteiger partial charge in [0, 0.05) is 19.1 Å². The fraction of sp³-hybridized carbons (Fsp3) is 0.600. The predicted molar refractivity (Wildman–Crippen MR) is 74.2 cm³/mol. The number of hydrogen-bond donors (Lipinski definition) is 1. The average Bonchev–Trinajstić information content (AvgIpc) is 2.86. The number of likely N-dealkylation sites (tertiary alicyclic amines) is 1. The third kappa shape index (κ3) is 2.85. The Kier molecular flexibility index (Phi) is 3.62. The maximum atomic E-state index is 6.03. The number of rotatable bonds is 3. The van der Waals surface area contributed by atoms with Crippen LogP contribution in [0, 0.1) is 5.92 Å². The SMILES string of the molecule is CC(N)C1CCCN(Cc2ccc3c(c2)OCO3)C1. The molecular weight excluding hydrogens is 240 g/mol. The molecule has 2 heterocycles. The number of piperidine rings is 1. The molecule has 104 valence electrons. The molecule has 2 aliphatic heterocycles. The van der Waals surface area contributed by atoms with E-state index >= 15 is 0 Å². The third-order valence-corrected chi connectivity index (χ3v) is 4.13. The second-order valence-corrected chi connectivity index (χ2v) is 5.68. The van der Waals surface area contributed by atoms with Gasteiger partial charge in [0.15, 0.2) is 11.5 Å². The van der Waals surface area contributed by atoms with Crippen LogP contribution >= 0.6 is 0 Å². The Morgan fingerprint density at radius 3 is 3.05 bits per heavy atom. The first kappa shape index (κ1) is 12.8. The van der Waals surface area contributed by atoms with E-state index in [1.54, 1.807) is 0 Å². The van der Waals surface area contributed by atoms with E-state index in [-0.39, 0.29) is 0 Å². The van der Waals surface area contributed by atoms with Crippen molar-refractivity contribution in [1.29, 1.82) is 0 Å². The highest BCUT2D eigenvalue weighted by atomic mass is 16.7. The van der Waals surface area contributed by atoms with Crippen LogP contribution in [-0.4, -0.2) is 30.8 Å². The molecule has 19 heavy (non-hydrogen) atoms. The molecule has 0 saturated carbocycles. The van der Waals surface area contributed by atoms with Crippen molar-refractivity contribution in [3.8, 4) is 11.5 Å². The van der Waals surface area contributed by atoms with E-state index in [1.807, 2.05) is 6.07 Å². The molecule has 0 bridgehead atoms. The zero-order valence-electron chi connectivity index (χ0n) is 11.5. The molecule has 1 saturated heterocycles. The van der Waals surface area contributed by atoms with Crippen LogP contribution in [0.15, 0.2) is 18.2 Å². The lowest BCUT2D eigenvalue weighted by Crippen LogP contribution is -2.41. The molecule has 2 aliphatic rings. The summed E-state index contributed by atoms with van der Waals surface area (Å²) in [6.45, 7) is 5.70. The van der Waals surface area contributed by atoms with E-state index in [0.29, 0.717) is 18.8 Å². The van der Waals surface area contributed by atoms with Gasteiger partial charge < -0.3 is 15.2 Å². The standard InChI is InChI=1S/C15H22N2O2/c1-11(16)13-3-2-6-17(9-13)8-12-4-5-14-15(7-12)19-10-18-14/h4-5,7,11,13H,2-3,6,8-10,16H2,1H3. The number of fused-ring (bicyclic) bond motifs is 1. The van der Waals surface area contributed by atoms with Crippen molar-refractivity contribution in [2.75, 3.05) is 19.9 Å². The van der Waals surface area contributed by atoms with Crippen LogP contribution in [-0.2, 0) is 6.54 Å². The van der Waals surface area contributed by atoms with Crippen LogP contribution in [0.1, 0.15) is 25.3 Å². The van der Waals surface area contributed by atoms with Crippen LogP contribution < -0.4 is 15.2 Å². The maximum Gasteiger partial charge on any atom is 0.231 e. The summed E-state index contributed by atoms with van der Waals surface area (Å²) < 4.78 is 10.8. The highest BCUT2D eigenvalue weighted by Crippen LogP contribution is 2.33. The number of nitrogens with zero attached hydrogens (tertiary/aromatic N) is 1. The molecule has 2 atom stereocenters. The van der Waals surface area contributed by atoms with E-state index in [0.717, 1.165) is 31.1 Å². The molecule has 4 nitrogen and oxygen atoms in total. The van der Waals surface area contributed by atoms with E-state index in [9.17, 15) is 0 Å². The molecule has 0 radical (unpaired) electrons. The molecule has 0 spiro atoms. The molecule has 0 aromatic heterocycles. The second kappa shape index (κ2) is 5.39. The van der Waals surface area contributed by atoms with Gasteiger partial charge in [-0.15, -0.1) is 0 Å². The van der Waals surface area contributed by atoms with Crippen LogP contribution in [0.25, 0.3) is 0 Å². The number of nitrogens with two attached hydrogens (primary N) is 1. The van der Waals surface area contributed by atoms with Gasteiger partial charge in [0.25, 0.3) is 0 Å². The summed E-state index contributed by atoms with van der Waals surface area (Å²) in [6, 6.07) is 6.52. The summed E-state index contributed by atoms with van der Waals surface area (Å²) >= 11 is 0. The van der Waals surface area contributed by atoms with Crippen molar-refractivity contribution < 1.29 is 9.47 Å². The van der Waals surface area contributed by atoms with E-state index < -0.39 is 0 Å². The number of ether oxygens (including phenoxy) is 2. The van der Waals surface area contributed by atoms with Crippen molar-refractivity contribution in [3.05, 3.63) is 23.8 Å². The molecule has 3 rings (SSSR count). The summed E-state index contributed by atoms with van der Waals surface area (Å²) in [5.41, 5.74) is 7.32. The zero-order chi connectivity index (χ0) is 13.2. The minimum Gasteiger partial charge on any atom is -0.454 e. The first-order valence-electron chi connectivity index (χ1n) is 7.09. The molecule has 1 aromatic rings. The van der Waals surface area contributed by atoms with Gasteiger partial charge in [0.1, 0.15) is 0 Å². The summed E-state index contributed by atoms with van der Waals surface area (Å²) in [6.07, 6.45) is 2.51. The van der Waals surface area contributed by atoms with Gasteiger partial charge in [-0.2, -0.15) is 0 Å². The summed E-state index contributed by atoms with van der Waals surface area (Å²) in [4.78, 5) is 2.50. The van der Waals surface area contributed by atoms with Crippen molar-refractivity contribution >= 4 is 0 Å². The average molecular weight is 262 g/mol. The predicted octanol–water partition coefficient (Wildman–Crippen LogP) is 1.97. The Bertz CT molecular complexity index is 448. The van der Waals surface area contributed by atoms with Gasteiger partial charge in [0.2, 0.25) is 6.79 Å². The maximum absolute atomic E-state index is 6.03. The van der Waals surface area contributed by atoms with Gasteiger partial charge in [-0.1, -0.05) is 6.07 Å². The third-order valence-electron chi connectivity index (χ3n) is 4.13. The highest BCUT2D eigenvalue weighted by molar-refractivity contribution is 5.44. The van der Waals surface area contributed by atoms with Crippen LogP contribution in [0.3, 0.4) is 0 Å². The van der Waals surface area contributed by atoms with Crippen LogP contribution in [0.4, 0.5) is 0 Å². The topological polar surface area (TPSA) is 47.7 Å². The van der Waals surface area contributed by atoms with Crippen molar-refractivity contribution in [1.82, 2.24) is 4.90 Å². The largest absolute Gasteiger partial charge is 0.454 e. The van der Waals surface area contributed by atoms with Gasteiger partial charge in [-0.3, -0.25) is 4.90 Å². The van der Waals surface area contributed by atoms with E-state index in [2.05, 4.69) is 24.0 Å². The quantitative estimate of drug-likeness (QED) is 0.905. The molecule has 0 aliphatic carbocycles. The Hall–Kier alpha value is -1.26. The van der Waals surface area contributed by atoms with Gasteiger partial charge in [-0.25, -0.2) is 0 Å². The highest BCUT2D eigenvalue weighted by Gasteiger charge is 2.23. The Morgan fingerprint density at radius 2 is 2.21 bits per heavy atom. The van der Waals surface area contributed by atoms with Crippen molar-refractivity contribution in [3.63, 3.8) is 0 Å². The van der Waals surface area contributed by atoms with Crippen molar-refractivity contribution in [2.45, 2.75) is 32.4 Å². The summed E-state index contributed by atoms with van der Waals surface area (Å²) in [7, 11) is 0. The smallest absolute Gasteiger partial charge is 0.231 e. The van der Waals surface area contributed by atoms with E-state index in [4.69, 9.17) is 15.2 Å². The number of benzene rings is 1. The number of hydrogen-bond acceptors (Lipinski definition) is 4. The molecule has 2 N–H and O–H groups in total. The lowest BCUT2D eigenvalue weighted by Gasteiger charge is -2.34. The normalized spacial score (nSPS) is 24.4. The fourth-order valence-electron chi connectivity index (χ4n) is 2.96. The van der Waals surface area contributed by atoms with E-state index in [1.165, 1.54) is 18.4 Å². The fourth-order valence-corrected chi connectivity index (χ4v) is 2.96. The molecule has 0 amide bonds. The molecule has 1 fully saturated rings. The zero-order valence-corrected chi connectivity index (χ0v) is 11.5. The minimum absolute atomic E-state index is 0.291. The van der Waals surface area contributed by atoms with Crippen LogP contribution in [0.5, 0.6) is 11.5 Å². The summed E-state index contributed by atoms with van der Waals surface area (Å²) in [5, 5.41) is 0. The molecule has 4 heteroatoms. The van der Waals surface area contributed by atoms with Gasteiger partial charge >= 0.3 is 0 Å². The lowest BCUT2D eigenvalue weighted by molar-refractivity contribution is 0.154. The van der Waals surface area contributed by atoms with Gasteiger partial charge in [-0.05, 0) is 49.9 Å². The molecule has 2 unspecified atom stereocenters. The lowest BCUT2D eigenvalue weighted by atomic mass is 9.92. The Balaban J connectivity index is 1.64. The Morgan fingerprint density at radius 1 is 1.37 bits per heavy atom. The summed E-state index contributed by atoms with van der Waals surface area (Å²) in [5.74, 6) is 2.36. The second-order valence-electron chi connectivity index (χ2n) is 5.68. The van der Waals surface area contributed by atoms with Crippen LogP contribution in [0.2, 0.25) is 0 Å². The van der Waals surface area contributed by atoms with Gasteiger partial charge in [0.05, 0.1) is 0 Å². The first-order valence-corrected chi connectivity index (χ1v) is 7.09. The Labute approximate surface area is 114 Å². The first-order chi connectivity index (χ1) is 9.22. The minimum atomic E-state index is 0.291. The monoisotopic (exact) mass is 262 g/mol. The van der Waals surface area contributed by atoms with Crippen molar-refractivity contribution in [2.24, 2.45) is 11.7 Å². The molecule has 1 aromatic carbocycles. The molecular formula is C15H22N2O2.